The van der Waals surface area contributed by atoms with Gasteiger partial charge in [-0.15, -0.1) is 24.9 Å². The standard InChI is InChI=1S/C13H15F3N2O3S/c14-13(15,16)21-10-3-1-9(2-4-10)5-6-18-12(20)8-22-7-11(17)19/h1-4H,5-8H2,(H2,17,19)(H,18,20). The number of nitrogens with one attached hydrogen (secondary N) is 1. The van der Waals surface area contributed by atoms with Crippen molar-refractivity contribution in [2.75, 3.05) is 18.1 Å². The van der Waals surface area contributed by atoms with Gasteiger partial charge in [0.25, 0.3) is 0 Å². The summed E-state index contributed by atoms with van der Waals surface area (Å²) in [5.41, 5.74) is 5.70. The Kier molecular flexibility index (Phi) is 7.03. The molecule has 0 atom stereocenters. The number of primary amides is 1. The SMILES string of the molecule is NC(=O)CSCC(=O)NCCc1ccc(OC(F)(F)F)cc1. The fourth-order valence-electron chi connectivity index (χ4n) is 1.50. The van der Waals surface area contributed by atoms with E-state index in [1.807, 2.05) is 0 Å². The Hall–Kier alpha value is -1.90. The van der Waals surface area contributed by atoms with Gasteiger partial charge in [0, 0.05) is 6.54 Å². The third-order valence-electron chi connectivity index (χ3n) is 2.37. The summed E-state index contributed by atoms with van der Waals surface area (Å²) in [6.45, 7) is 0.343. The quantitative estimate of drug-likeness (QED) is 0.753. The topological polar surface area (TPSA) is 81.4 Å². The van der Waals surface area contributed by atoms with Crippen molar-refractivity contribution in [1.29, 1.82) is 0 Å². The molecule has 0 radical (unpaired) electrons. The number of nitrogens with two attached hydrogens (primary N) is 1. The average Bonchev–Trinajstić information content (AvgIpc) is 2.38. The van der Waals surface area contributed by atoms with Crippen LogP contribution in [0.2, 0.25) is 0 Å². The van der Waals surface area contributed by atoms with Crippen molar-refractivity contribution >= 4 is 23.6 Å². The fourth-order valence-corrected chi connectivity index (χ4v) is 2.09. The number of thioether (sulfide) groups is 1. The lowest BCUT2D eigenvalue weighted by Crippen LogP contribution is -2.28. The van der Waals surface area contributed by atoms with E-state index in [2.05, 4.69) is 10.1 Å². The van der Waals surface area contributed by atoms with Crippen LogP contribution < -0.4 is 15.8 Å². The van der Waals surface area contributed by atoms with E-state index in [1.165, 1.54) is 24.3 Å². The van der Waals surface area contributed by atoms with Gasteiger partial charge in [0.1, 0.15) is 5.75 Å². The van der Waals surface area contributed by atoms with Gasteiger partial charge < -0.3 is 15.8 Å². The van der Waals surface area contributed by atoms with E-state index in [0.29, 0.717) is 13.0 Å². The van der Waals surface area contributed by atoms with Crippen LogP contribution in [-0.2, 0) is 16.0 Å². The molecule has 1 aromatic carbocycles. The number of hydrogen-bond acceptors (Lipinski definition) is 4. The molecule has 0 saturated heterocycles. The average molecular weight is 336 g/mol. The van der Waals surface area contributed by atoms with Gasteiger partial charge in [0.2, 0.25) is 11.8 Å². The molecule has 122 valence electrons. The summed E-state index contributed by atoms with van der Waals surface area (Å²) in [5, 5.41) is 2.63. The van der Waals surface area contributed by atoms with Crippen LogP contribution in [0.4, 0.5) is 13.2 Å². The van der Waals surface area contributed by atoms with Crippen molar-refractivity contribution in [1.82, 2.24) is 5.32 Å². The Morgan fingerprint density at radius 1 is 1.18 bits per heavy atom. The monoisotopic (exact) mass is 336 g/mol. The summed E-state index contributed by atoms with van der Waals surface area (Å²) in [6, 6.07) is 5.42. The van der Waals surface area contributed by atoms with E-state index in [4.69, 9.17) is 5.73 Å². The summed E-state index contributed by atoms with van der Waals surface area (Å²) in [7, 11) is 0. The van der Waals surface area contributed by atoms with Crippen molar-refractivity contribution in [2.24, 2.45) is 5.73 Å². The van der Waals surface area contributed by atoms with Crippen LogP contribution in [0.25, 0.3) is 0 Å². The van der Waals surface area contributed by atoms with Crippen LogP contribution >= 0.6 is 11.8 Å². The molecule has 22 heavy (non-hydrogen) atoms. The maximum absolute atomic E-state index is 12.0. The van der Waals surface area contributed by atoms with Gasteiger partial charge in [-0.05, 0) is 24.1 Å². The molecule has 0 saturated carbocycles. The molecule has 0 unspecified atom stereocenters. The van der Waals surface area contributed by atoms with E-state index in [9.17, 15) is 22.8 Å². The molecule has 5 nitrogen and oxygen atoms in total. The first-order chi connectivity index (χ1) is 10.3. The second-order valence-corrected chi connectivity index (χ2v) is 5.24. The Morgan fingerprint density at radius 2 is 1.82 bits per heavy atom. The molecule has 0 bridgehead atoms. The van der Waals surface area contributed by atoms with Gasteiger partial charge >= 0.3 is 6.36 Å². The zero-order valence-electron chi connectivity index (χ0n) is 11.5. The van der Waals surface area contributed by atoms with Crippen LogP contribution in [0.15, 0.2) is 24.3 Å². The van der Waals surface area contributed by atoms with Gasteiger partial charge in [-0.25, -0.2) is 0 Å². The fraction of sp³-hybridized carbons (Fsp3) is 0.385. The number of carbonyl (C=O) groups excluding carboxylic acids is 2. The van der Waals surface area contributed by atoms with Crippen molar-refractivity contribution < 1.29 is 27.5 Å². The lowest BCUT2D eigenvalue weighted by atomic mass is 10.1. The minimum atomic E-state index is -4.71. The number of alkyl halides is 3. The highest BCUT2D eigenvalue weighted by Crippen LogP contribution is 2.22. The molecule has 0 aliphatic heterocycles. The highest BCUT2D eigenvalue weighted by Gasteiger charge is 2.30. The predicted molar refractivity (Wildman–Crippen MR) is 76.4 cm³/mol. The van der Waals surface area contributed by atoms with Crippen molar-refractivity contribution in [3.05, 3.63) is 29.8 Å². The Balaban J connectivity index is 2.27. The van der Waals surface area contributed by atoms with Crippen LogP contribution in [0.1, 0.15) is 5.56 Å². The van der Waals surface area contributed by atoms with E-state index in [0.717, 1.165) is 17.3 Å². The summed E-state index contributed by atoms with van der Waals surface area (Å²) in [4.78, 5) is 21.9. The number of hydrogen-bond donors (Lipinski definition) is 2. The third kappa shape index (κ3) is 8.40. The first-order valence-corrected chi connectivity index (χ1v) is 7.39. The minimum Gasteiger partial charge on any atom is -0.406 e. The minimum absolute atomic E-state index is 0.0775. The summed E-state index contributed by atoms with van der Waals surface area (Å²) >= 11 is 1.11. The first-order valence-electron chi connectivity index (χ1n) is 6.24. The molecular formula is C13H15F3N2O3S. The number of carbonyl (C=O) groups is 2. The number of amides is 2. The number of ether oxygens (including phenoxy) is 1. The Morgan fingerprint density at radius 3 is 2.36 bits per heavy atom. The molecule has 0 aromatic heterocycles. The largest absolute Gasteiger partial charge is 0.573 e. The first kappa shape index (κ1) is 18.1. The lowest BCUT2D eigenvalue weighted by molar-refractivity contribution is -0.274. The van der Waals surface area contributed by atoms with Crippen molar-refractivity contribution in [3.63, 3.8) is 0 Å². The molecule has 0 spiro atoms. The predicted octanol–water partition coefficient (Wildman–Crippen LogP) is 1.46. The van der Waals surface area contributed by atoms with Crippen molar-refractivity contribution in [3.8, 4) is 5.75 Å². The van der Waals surface area contributed by atoms with Gasteiger partial charge in [0.15, 0.2) is 0 Å². The smallest absolute Gasteiger partial charge is 0.406 e. The molecular weight excluding hydrogens is 321 g/mol. The van der Waals surface area contributed by atoms with Gasteiger partial charge in [-0.3, -0.25) is 9.59 Å². The van der Waals surface area contributed by atoms with Crippen LogP contribution in [0.5, 0.6) is 5.75 Å². The van der Waals surface area contributed by atoms with E-state index in [-0.39, 0.29) is 23.2 Å². The molecule has 3 N–H and O–H groups in total. The normalized spacial score (nSPS) is 11.0. The molecule has 0 aliphatic carbocycles. The molecule has 0 fully saturated rings. The van der Waals surface area contributed by atoms with Crippen molar-refractivity contribution in [2.45, 2.75) is 12.8 Å². The molecule has 9 heteroatoms. The number of halogens is 3. The second kappa shape index (κ2) is 8.52. The van der Waals surface area contributed by atoms with E-state index in [1.54, 1.807) is 0 Å². The third-order valence-corrected chi connectivity index (χ3v) is 3.33. The van der Waals surface area contributed by atoms with Crippen LogP contribution in [0.3, 0.4) is 0 Å². The van der Waals surface area contributed by atoms with E-state index < -0.39 is 12.3 Å². The molecule has 0 aliphatic rings. The maximum atomic E-state index is 12.0. The molecule has 2 amide bonds. The Labute approximate surface area is 129 Å². The van der Waals surface area contributed by atoms with Crippen LogP contribution in [0, 0.1) is 0 Å². The highest BCUT2D eigenvalue weighted by atomic mass is 32.2. The zero-order chi connectivity index (χ0) is 16.6. The summed E-state index contributed by atoms with van der Waals surface area (Å²) < 4.78 is 39.7. The second-order valence-electron chi connectivity index (χ2n) is 4.25. The Bertz CT molecular complexity index is 506. The van der Waals surface area contributed by atoms with E-state index >= 15 is 0 Å². The highest BCUT2D eigenvalue weighted by molar-refractivity contribution is 8.00. The van der Waals surface area contributed by atoms with Gasteiger partial charge in [-0.2, -0.15) is 0 Å². The molecule has 0 heterocycles. The molecule has 1 aromatic rings. The molecule has 1 rings (SSSR count). The van der Waals surface area contributed by atoms with Gasteiger partial charge in [0.05, 0.1) is 11.5 Å². The zero-order valence-corrected chi connectivity index (χ0v) is 12.3. The van der Waals surface area contributed by atoms with Crippen LogP contribution in [-0.4, -0.2) is 36.2 Å². The summed E-state index contributed by atoms with van der Waals surface area (Å²) in [5.74, 6) is -0.805. The number of benzene rings is 1. The maximum Gasteiger partial charge on any atom is 0.573 e. The number of rotatable bonds is 8. The lowest BCUT2D eigenvalue weighted by Gasteiger charge is -2.09. The van der Waals surface area contributed by atoms with Gasteiger partial charge in [-0.1, -0.05) is 12.1 Å². The summed E-state index contributed by atoms with van der Waals surface area (Å²) in [6.07, 6.45) is -4.24.